The van der Waals surface area contributed by atoms with Crippen LogP contribution in [-0.4, -0.2) is 30.7 Å². The van der Waals surface area contributed by atoms with Gasteiger partial charge in [0.2, 0.25) is 11.8 Å². The molecule has 2 aromatic rings. The minimum atomic E-state index is -0.286. The van der Waals surface area contributed by atoms with E-state index in [0.717, 1.165) is 13.0 Å². The van der Waals surface area contributed by atoms with Crippen LogP contribution >= 0.6 is 11.6 Å². The summed E-state index contributed by atoms with van der Waals surface area (Å²) in [7, 11) is 3.07. The number of aromatic nitrogens is 2. The van der Waals surface area contributed by atoms with Gasteiger partial charge in [0, 0.05) is 0 Å². The smallest absolute Gasteiger partial charge is 0.240 e. The Hall–Kier alpha value is -1.79. The van der Waals surface area contributed by atoms with E-state index in [1.54, 1.807) is 25.4 Å². The molecule has 0 aliphatic carbocycles. The lowest BCUT2D eigenvalue weighted by atomic mass is 10.1. The molecule has 114 valence electrons. The third-order valence-electron chi connectivity index (χ3n) is 2.90. The molecule has 1 atom stereocenters. The highest BCUT2D eigenvalue weighted by atomic mass is 35.5. The maximum absolute atomic E-state index is 5.87. The minimum absolute atomic E-state index is 0.286. The van der Waals surface area contributed by atoms with Gasteiger partial charge < -0.3 is 19.2 Å². The summed E-state index contributed by atoms with van der Waals surface area (Å²) in [5, 5.41) is 3.68. The molecule has 1 unspecified atom stereocenters. The molecule has 0 aliphatic heterocycles. The highest BCUT2D eigenvalue weighted by Crippen LogP contribution is 2.30. The molecule has 0 saturated carbocycles. The SMILES string of the molecule is CCCNC(c1ccc(Cl)o1)c1ncc(OC)nc1OC. The number of halogens is 1. The third-order valence-corrected chi connectivity index (χ3v) is 3.10. The highest BCUT2D eigenvalue weighted by Gasteiger charge is 2.24. The van der Waals surface area contributed by atoms with E-state index in [1.807, 2.05) is 0 Å². The zero-order chi connectivity index (χ0) is 15.2. The summed E-state index contributed by atoms with van der Waals surface area (Å²) in [4.78, 5) is 8.63. The summed E-state index contributed by atoms with van der Waals surface area (Å²) in [5.41, 5.74) is 0.623. The Bertz CT molecular complexity index is 589. The summed E-state index contributed by atoms with van der Waals surface area (Å²) in [5.74, 6) is 1.43. The van der Waals surface area contributed by atoms with Gasteiger partial charge in [-0.25, -0.2) is 4.98 Å². The number of methoxy groups -OCH3 is 2. The van der Waals surface area contributed by atoms with Crippen molar-refractivity contribution in [2.75, 3.05) is 20.8 Å². The van der Waals surface area contributed by atoms with Crippen molar-refractivity contribution in [3.05, 3.63) is 35.0 Å². The molecule has 0 aliphatic rings. The van der Waals surface area contributed by atoms with E-state index < -0.39 is 0 Å². The standard InChI is InChI=1S/C14H18ClN3O3/c1-4-7-16-12(9-5-6-10(15)21-9)13-14(20-3)18-11(19-2)8-17-13/h5-6,8,12,16H,4,7H2,1-3H3. The van der Waals surface area contributed by atoms with Crippen molar-refractivity contribution in [2.24, 2.45) is 0 Å². The van der Waals surface area contributed by atoms with E-state index >= 15 is 0 Å². The molecule has 0 aromatic carbocycles. The molecular formula is C14H18ClN3O3. The van der Waals surface area contributed by atoms with Gasteiger partial charge in [-0.05, 0) is 36.7 Å². The van der Waals surface area contributed by atoms with Crippen molar-refractivity contribution in [1.82, 2.24) is 15.3 Å². The van der Waals surface area contributed by atoms with Crippen molar-refractivity contribution < 1.29 is 13.9 Å². The molecule has 0 amide bonds. The van der Waals surface area contributed by atoms with Crippen LogP contribution < -0.4 is 14.8 Å². The minimum Gasteiger partial charge on any atom is -0.480 e. The molecule has 0 radical (unpaired) electrons. The average Bonchev–Trinajstić information content (AvgIpc) is 2.94. The number of hydrogen-bond acceptors (Lipinski definition) is 6. The van der Waals surface area contributed by atoms with E-state index in [9.17, 15) is 0 Å². The van der Waals surface area contributed by atoms with Crippen LogP contribution in [0.1, 0.15) is 30.8 Å². The van der Waals surface area contributed by atoms with Gasteiger partial charge in [0.1, 0.15) is 17.5 Å². The van der Waals surface area contributed by atoms with Gasteiger partial charge in [-0.3, -0.25) is 0 Å². The fraction of sp³-hybridized carbons (Fsp3) is 0.429. The number of hydrogen-bond donors (Lipinski definition) is 1. The van der Waals surface area contributed by atoms with Gasteiger partial charge in [-0.2, -0.15) is 4.98 Å². The molecule has 1 N–H and O–H groups in total. The zero-order valence-corrected chi connectivity index (χ0v) is 13.0. The Morgan fingerprint density at radius 3 is 2.71 bits per heavy atom. The fourth-order valence-electron chi connectivity index (χ4n) is 1.92. The predicted molar refractivity (Wildman–Crippen MR) is 79.0 cm³/mol. The molecule has 21 heavy (non-hydrogen) atoms. The van der Waals surface area contributed by atoms with Gasteiger partial charge >= 0.3 is 0 Å². The Morgan fingerprint density at radius 1 is 1.33 bits per heavy atom. The topological polar surface area (TPSA) is 69.4 Å². The second-order valence-corrected chi connectivity index (χ2v) is 4.71. The lowest BCUT2D eigenvalue weighted by Crippen LogP contribution is -2.24. The average molecular weight is 312 g/mol. The van der Waals surface area contributed by atoms with Crippen LogP contribution in [0.5, 0.6) is 11.8 Å². The van der Waals surface area contributed by atoms with Crippen LogP contribution in [0.2, 0.25) is 5.22 Å². The molecule has 0 fully saturated rings. The van der Waals surface area contributed by atoms with Gasteiger partial charge in [0.05, 0.1) is 20.4 Å². The number of rotatable bonds is 7. The van der Waals surface area contributed by atoms with Crippen molar-refractivity contribution in [3.63, 3.8) is 0 Å². The fourth-order valence-corrected chi connectivity index (χ4v) is 2.07. The van der Waals surface area contributed by atoms with Crippen LogP contribution in [0, 0.1) is 0 Å². The summed E-state index contributed by atoms with van der Waals surface area (Å²) in [6.07, 6.45) is 2.51. The number of nitrogens with zero attached hydrogens (tertiary/aromatic N) is 2. The van der Waals surface area contributed by atoms with Crippen LogP contribution in [0.3, 0.4) is 0 Å². The van der Waals surface area contributed by atoms with Gasteiger partial charge in [-0.15, -0.1) is 0 Å². The summed E-state index contributed by atoms with van der Waals surface area (Å²) in [6, 6.07) is 3.22. The molecule has 0 bridgehead atoms. The van der Waals surface area contributed by atoms with Crippen LogP contribution in [0.25, 0.3) is 0 Å². The monoisotopic (exact) mass is 311 g/mol. The Labute approximate surface area is 128 Å². The molecule has 7 heteroatoms. The largest absolute Gasteiger partial charge is 0.480 e. The second kappa shape index (κ2) is 7.28. The third kappa shape index (κ3) is 3.65. The molecule has 2 aromatic heterocycles. The lowest BCUT2D eigenvalue weighted by molar-refractivity contribution is 0.347. The van der Waals surface area contributed by atoms with Crippen molar-refractivity contribution in [1.29, 1.82) is 0 Å². The maximum atomic E-state index is 5.87. The van der Waals surface area contributed by atoms with E-state index in [4.69, 9.17) is 25.5 Å². The van der Waals surface area contributed by atoms with Gasteiger partial charge in [-0.1, -0.05) is 6.92 Å². The van der Waals surface area contributed by atoms with E-state index in [-0.39, 0.29) is 6.04 Å². The van der Waals surface area contributed by atoms with Crippen molar-refractivity contribution in [2.45, 2.75) is 19.4 Å². The van der Waals surface area contributed by atoms with Crippen molar-refractivity contribution in [3.8, 4) is 11.8 Å². The number of furan rings is 1. The molecular weight excluding hydrogens is 294 g/mol. The first-order valence-electron chi connectivity index (χ1n) is 6.63. The first-order chi connectivity index (χ1) is 10.2. The maximum Gasteiger partial charge on any atom is 0.240 e. The van der Waals surface area contributed by atoms with E-state index in [0.29, 0.717) is 28.4 Å². The first-order valence-corrected chi connectivity index (χ1v) is 7.01. The van der Waals surface area contributed by atoms with E-state index in [1.165, 1.54) is 7.11 Å². The highest BCUT2D eigenvalue weighted by molar-refractivity contribution is 6.28. The predicted octanol–water partition coefficient (Wildman–Crippen LogP) is 2.83. The van der Waals surface area contributed by atoms with Crippen LogP contribution in [-0.2, 0) is 0 Å². The van der Waals surface area contributed by atoms with E-state index in [2.05, 4.69) is 22.2 Å². The normalized spacial score (nSPS) is 12.2. The summed E-state index contributed by atoms with van der Waals surface area (Å²) < 4.78 is 15.9. The summed E-state index contributed by atoms with van der Waals surface area (Å²) in [6.45, 7) is 2.87. The zero-order valence-electron chi connectivity index (χ0n) is 12.2. The van der Waals surface area contributed by atoms with Crippen LogP contribution in [0.15, 0.2) is 22.7 Å². The lowest BCUT2D eigenvalue weighted by Gasteiger charge is -2.17. The molecule has 2 heterocycles. The first kappa shape index (κ1) is 15.6. The number of ether oxygens (including phenoxy) is 2. The molecule has 2 rings (SSSR count). The Kier molecular flexibility index (Phi) is 5.41. The Morgan fingerprint density at radius 2 is 2.14 bits per heavy atom. The van der Waals surface area contributed by atoms with Gasteiger partial charge in [0.25, 0.3) is 0 Å². The molecule has 0 spiro atoms. The second-order valence-electron chi connectivity index (χ2n) is 4.34. The van der Waals surface area contributed by atoms with Crippen LogP contribution in [0.4, 0.5) is 0 Å². The summed E-state index contributed by atoms with van der Waals surface area (Å²) >= 11 is 5.87. The molecule has 0 saturated heterocycles. The Balaban J connectivity index is 2.40. The molecule has 6 nitrogen and oxygen atoms in total. The van der Waals surface area contributed by atoms with Crippen molar-refractivity contribution >= 4 is 11.6 Å². The number of nitrogens with one attached hydrogen (secondary N) is 1. The quantitative estimate of drug-likeness (QED) is 0.848. The van der Waals surface area contributed by atoms with Gasteiger partial charge in [0.15, 0.2) is 5.22 Å².